The van der Waals surface area contributed by atoms with Gasteiger partial charge in [-0.1, -0.05) is 12.1 Å². The van der Waals surface area contributed by atoms with E-state index in [1.54, 1.807) is 31.3 Å². The van der Waals surface area contributed by atoms with Crippen molar-refractivity contribution in [2.75, 3.05) is 31.8 Å². The monoisotopic (exact) mass is 408 g/mol. The quantitative estimate of drug-likeness (QED) is 0.339. The molecule has 3 heterocycles. The molecular formula is C22H24N4O4. The maximum Gasteiger partial charge on any atom is 0.321 e. The first-order chi connectivity index (χ1) is 14.7. The maximum absolute atomic E-state index is 13.6. The number of amides is 1. The average Bonchev–Trinajstić information content (AvgIpc) is 3.14. The molecule has 0 bridgehead atoms. The number of fused-ring (bicyclic) bond motifs is 3. The number of para-hydroxylation sites is 2. The van der Waals surface area contributed by atoms with Gasteiger partial charge < -0.3 is 14.0 Å². The van der Waals surface area contributed by atoms with E-state index in [0.29, 0.717) is 25.5 Å². The summed E-state index contributed by atoms with van der Waals surface area (Å²) in [6.07, 6.45) is 3.94. The number of imidazole rings is 1. The molecule has 0 spiro atoms. The van der Waals surface area contributed by atoms with E-state index < -0.39 is 17.9 Å². The van der Waals surface area contributed by atoms with E-state index in [1.807, 2.05) is 41.0 Å². The lowest BCUT2D eigenvalue weighted by atomic mass is 9.90. The van der Waals surface area contributed by atoms with Crippen molar-refractivity contribution in [3.63, 3.8) is 0 Å². The zero-order chi connectivity index (χ0) is 21.1. The van der Waals surface area contributed by atoms with Crippen molar-refractivity contribution in [3.05, 3.63) is 54.4 Å². The van der Waals surface area contributed by atoms with Gasteiger partial charge in [0.25, 0.3) is 0 Å². The third-order valence-electron chi connectivity index (χ3n) is 5.26. The van der Waals surface area contributed by atoms with E-state index in [2.05, 4.69) is 4.98 Å². The highest BCUT2D eigenvalue weighted by Gasteiger charge is 2.47. The van der Waals surface area contributed by atoms with Crippen LogP contribution in [-0.4, -0.2) is 53.3 Å². The number of methoxy groups -OCH3 is 1. The normalized spacial score (nSPS) is 18.5. The van der Waals surface area contributed by atoms with Crippen LogP contribution < -0.4 is 4.90 Å². The van der Waals surface area contributed by atoms with Gasteiger partial charge in [-0.05, 0) is 43.2 Å². The zero-order valence-corrected chi connectivity index (χ0v) is 17.0. The molecule has 1 aliphatic rings. The van der Waals surface area contributed by atoms with Crippen LogP contribution in [0.25, 0.3) is 11.0 Å². The summed E-state index contributed by atoms with van der Waals surface area (Å²) in [5, 5.41) is 0. The molecule has 4 rings (SSSR count). The third kappa shape index (κ3) is 3.43. The second-order valence-electron chi connectivity index (χ2n) is 7.06. The molecule has 1 aromatic carbocycles. The predicted molar refractivity (Wildman–Crippen MR) is 111 cm³/mol. The number of benzene rings is 1. The first-order valence-corrected chi connectivity index (χ1v) is 10.0. The van der Waals surface area contributed by atoms with Gasteiger partial charge in [-0.25, -0.2) is 4.98 Å². The smallest absolute Gasteiger partial charge is 0.321 e. The van der Waals surface area contributed by atoms with Crippen LogP contribution in [0.15, 0.2) is 48.8 Å². The molecule has 2 aromatic heterocycles. The number of esters is 1. The molecular weight excluding hydrogens is 384 g/mol. The number of carbonyl (C=O) groups excluding carboxylic acids is 2. The Hall–Kier alpha value is -3.26. The summed E-state index contributed by atoms with van der Waals surface area (Å²) in [6.45, 7) is 2.84. The molecule has 0 N–H and O–H groups in total. The van der Waals surface area contributed by atoms with Gasteiger partial charge in [0.15, 0.2) is 5.92 Å². The van der Waals surface area contributed by atoms with E-state index in [0.717, 1.165) is 16.6 Å². The summed E-state index contributed by atoms with van der Waals surface area (Å²) >= 11 is 0. The molecule has 0 aliphatic carbocycles. The standard InChI is InChI=1S/C22H24N4O4/c1-3-30-21(28)18-19(15-9-11-23-12-10-15)26-17-8-5-4-7-16(17)24-22(26)25(20(18)27)13-6-14-29-2/h4-5,7-12,18-19H,3,6,13-14H2,1-2H3/t18-,19+/m1/s1. The van der Waals surface area contributed by atoms with Crippen molar-refractivity contribution < 1.29 is 19.1 Å². The number of carbonyl (C=O) groups is 2. The number of pyridine rings is 1. The molecule has 30 heavy (non-hydrogen) atoms. The first-order valence-electron chi connectivity index (χ1n) is 10.0. The zero-order valence-electron chi connectivity index (χ0n) is 17.0. The number of nitrogens with zero attached hydrogens (tertiary/aromatic N) is 4. The molecule has 0 unspecified atom stereocenters. The fraction of sp³-hybridized carbons (Fsp3) is 0.364. The summed E-state index contributed by atoms with van der Waals surface area (Å²) in [7, 11) is 1.62. The average molecular weight is 408 g/mol. The summed E-state index contributed by atoms with van der Waals surface area (Å²) in [6, 6.07) is 10.8. The Balaban J connectivity index is 1.93. The Bertz CT molecular complexity index is 1050. The number of aromatic nitrogens is 3. The SMILES string of the molecule is CCOC(=O)[C@H]1C(=O)N(CCCOC)c2nc3ccccc3n2[C@H]1c1ccncc1. The molecule has 3 aromatic rings. The van der Waals surface area contributed by atoms with Crippen LogP contribution in [0.3, 0.4) is 0 Å². The Morgan fingerprint density at radius 1 is 1.17 bits per heavy atom. The number of hydrogen-bond donors (Lipinski definition) is 0. The third-order valence-corrected chi connectivity index (χ3v) is 5.26. The van der Waals surface area contributed by atoms with Crippen molar-refractivity contribution in [2.24, 2.45) is 5.92 Å². The fourth-order valence-electron chi connectivity index (χ4n) is 3.99. The van der Waals surface area contributed by atoms with E-state index in [4.69, 9.17) is 14.5 Å². The Kier molecular flexibility index (Phi) is 5.76. The van der Waals surface area contributed by atoms with Gasteiger partial charge in [0, 0.05) is 32.7 Å². The summed E-state index contributed by atoms with van der Waals surface area (Å²) in [5.74, 6) is -1.33. The molecule has 8 nitrogen and oxygen atoms in total. The van der Waals surface area contributed by atoms with Gasteiger partial charge in [0.05, 0.1) is 23.7 Å². The molecule has 1 aliphatic heterocycles. The van der Waals surface area contributed by atoms with Gasteiger partial charge >= 0.3 is 5.97 Å². The Labute approximate surface area is 174 Å². The summed E-state index contributed by atoms with van der Waals surface area (Å²) in [5.41, 5.74) is 2.42. The lowest BCUT2D eigenvalue weighted by Crippen LogP contribution is -2.50. The van der Waals surface area contributed by atoms with Crippen molar-refractivity contribution in [2.45, 2.75) is 19.4 Å². The molecule has 0 saturated carbocycles. The Morgan fingerprint density at radius 3 is 2.67 bits per heavy atom. The van der Waals surface area contributed by atoms with Gasteiger partial charge in [-0.15, -0.1) is 0 Å². The van der Waals surface area contributed by atoms with Crippen molar-refractivity contribution >= 4 is 28.9 Å². The highest BCUT2D eigenvalue weighted by atomic mass is 16.5. The molecule has 156 valence electrons. The fourth-order valence-corrected chi connectivity index (χ4v) is 3.99. The lowest BCUT2D eigenvalue weighted by Gasteiger charge is -2.37. The molecule has 0 fully saturated rings. The van der Waals surface area contributed by atoms with Crippen LogP contribution >= 0.6 is 0 Å². The van der Waals surface area contributed by atoms with Gasteiger partial charge in [0.2, 0.25) is 11.9 Å². The predicted octanol–water partition coefficient (Wildman–Crippen LogP) is 2.58. The van der Waals surface area contributed by atoms with Crippen LogP contribution in [0.2, 0.25) is 0 Å². The van der Waals surface area contributed by atoms with Gasteiger partial charge in [0.1, 0.15) is 0 Å². The summed E-state index contributed by atoms with van der Waals surface area (Å²) in [4.78, 5) is 37.0. The van der Waals surface area contributed by atoms with E-state index in [-0.39, 0.29) is 12.5 Å². The van der Waals surface area contributed by atoms with Crippen LogP contribution in [0.4, 0.5) is 5.95 Å². The molecule has 1 amide bonds. The van der Waals surface area contributed by atoms with Crippen LogP contribution in [0, 0.1) is 5.92 Å². The van der Waals surface area contributed by atoms with Gasteiger partial charge in [-0.2, -0.15) is 0 Å². The van der Waals surface area contributed by atoms with Crippen LogP contribution in [-0.2, 0) is 19.1 Å². The van der Waals surface area contributed by atoms with E-state index >= 15 is 0 Å². The van der Waals surface area contributed by atoms with Gasteiger partial charge in [-0.3, -0.25) is 19.5 Å². The molecule has 0 saturated heterocycles. The van der Waals surface area contributed by atoms with Crippen LogP contribution in [0.1, 0.15) is 24.9 Å². The second kappa shape index (κ2) is 8.62. The number of hydrogen-bond acceptors (Lipinski definition) is 6. The number of anilines is 1. The van der Waals surface area contributed by atoms with E-state index in [1.165, 1.54) is 0 Å². The summed E-state index contributed by atoms with van der Waals surface area (Å²) < 4.78 is 12.4. The van der Waals surface area contributed by atoms with E-state index in [9.17, 15) is 9.59 Å². The highest BCUT2D eigenvalue weighted by Crippen LogP contribution is 2.41. The molecule has 8 heteroatoms. The van der Waals surface area contributed by atoms with Crippen molar-refractivity contribution in [3.8, 4) is 0 Å². The first kappa shape index (κ1) is 20.0. The maximum atomic E-state index is 13.6. The minimum absolute atomic E-state index is 0.201. The van der Waals surface area contributed by atoms with Crippen molar-refractivity contribution in [1.29, 1.82) is 0 Å². The number of rotatable bonds is 7. The van der Waals surface area contributed by atoms with Crippen LogP contribution in [0.5, 0.6) is 0 Å². The Morgan fingerprint density at radius 2 is 1.93 bits per heavy atom. The highest BCUT2D eigenvalue weighted by molar-refractivity contribution is 6.08. The minimum Gasteiger partial charge on any atom is -0.465 e. The molecule has 2 atom stereocenters. The second-order valence-corrected chi connectivity index (χ2v) is 7.06. The molecule has 0 radical (unpaired) electrons. The topological polar surface area (TPSA) is 86.5 Å². The minimum atomic E-state index is -1.01. The lowest BCUT2D eigenvalue weighted by molar-refractivity contribution is -0.153. The largest absolute Gasteiger partial charge is 0.465 e. The van der Waals surface area contributed by atoms with Crippen molar-refractivity contribution in [1.82, 2.24) is 14.5 Å². The number of ether oxygens (including phenoxy) is 2.